The van der Waals surface area contributed by atoms with Crippen LogP contribution >= 0.6 is 22.7 Å². The number of hydrogen-bond acceptors (Lipinski definition) is 6. The van der Waals surface area contributed by atoms with Crippen molar-refractivity contribution in [1.82, 2.24) is 9.88 Å². The molecule has 21 heavy (non-hydrogen) atoms. The molecule has 2 aromatic heterocycles. The van der Waals surface area contributed by atoms with Gasteiger partial charge in [0.1, 0.15) is 10.7 Å². The molecule has 0 N–H and O–H groups in total. The highest BCUT2D eigenvalue weighted by Gasteiger charge is 2.19. The second-order valence-electron chi connectivity index (χ2n) is 4.23. The SMILES string of the molecule is CCN(CCC(=O)OC)C(=O)c1csc(-c2cccs2)n1. The van der Waals surface area contributed by atoms with E-state index in [4.69, 9.17) is 0 Å². The van der Waals surface area contributed by atoms with E-state index in [-0.39, 0.29) is 18.3 Å². The maximum absolute atomic E-state index is 12.4. The molecule has 0 saturated carbocycles. The van der Waals surface area contributed by atoms with Crippen molar-refractivity contribution in [3.8, 4) is 9.88 Å². The first-order valence-electron chi connectivity index (χ1n) is 6.51. The lowest BCUT2D eigenvalue weighted by Crippen LogP contribution is -2.33. The van der Waals surface area contributed by atoms with Crippen LogP contribution in [-0.4, -0.2) is 42.0 Å². The van der Waals surface area contributed by atoms with Gasteiger partial charge in [-0.25, -0.2) is 4.98 Å². The molecule has 5 nitrogen and oxygen atoms in total. The number of thiophene rings is 1. The lowest BCUT2D eigenvalue weighted by molar-refractivity contribution is -0.140. The zero-order chi connectivity index (χ0) is 15.2. The molecule has 0 radical (unpaired) electrons. The third-order valence-electron chi connectivity index (χ3n) is 2.94. The van der Waals surface area contributed by atoms with Gasteiger partial charge in [0, 0.05) is 18.5 Å². The Balaban J connectivity index is 2.05. The van der Waals surface area contributed by atoms with Crippen LogP contribution < -0.4 is 0 Å². The predicted octanol–water partition coefficient (Wildman–Crippen LogP) is 2.90. The summed E-state index contributed by atoms with van der Waals surface area (Å²) < 4.78 is 4.59. The summed E-state index contributed by atoms with van der Waals surface area (Å²) in [4.78, 5) is 30.6. The van der Waals surface area contributed by atoms with E-state index in [0.29, 0.717) is 18.8 Å². The van der Waals surface area contributed by atoms with Crippen LogP contribution in [0.4, 0.5) is 0 Å². The van der Waals surface area contributed by atoms with Gasteiger partial charge in [-0.1, -0.05) is 6.07 Å². The highest BCUT2D eigenvalue weighted by atomic mass is 32.1. The van der Waals surface area contributed by atoms with Crippen molar-refractivity contribution in [2.75, 3.05) is 20.2 Å². The smallest absolute Gasteiger partial charge is 0.307 e. The fourth-order valence-electron chi connectivity index (χ4n) is 1.78. The van der Waals surface area contributed by atoms with Crippen LogP contribution in [0.1, 0.15) is 23.8 Å². The summed E-state index contributed by atoms with van der Waals surface area (Å²) in [6.45, 7) is 2.75. The van der Waals surface area contributed by atoms with E-state index >= 15 is 0 Å². The van der Waals surface area contributed by atoms with Crippen molar-refractivity contribution in [3.63, 3.8) is 0 Å². The van der Waals surface area contributed by atoms with Crippen molar-refractivity contribution in [2.24, 2.45) is 0 Å². The van der Waals surface area contributed by atoms with Gasteiger partial charge in [-0.3, -0.25) is 9.59 Å². The van der Waals surface area contributed by atoms with Crippen LogP contribution in [0.2, 0.25) is 0 Å². The zero-order valence-electron chi connectivity index (χ0n) is 11.9. The molecule has 7 heteroatoms. The summed E-state index contributed by atoms with van der Waals surface area (Å²) in [7, 11) is 1.34. The number of methoxy groups -OCH3 is 1. The van der Waals surface area contributed by atoms with E-state index < -0.39 is 0 Å². The van der Waals surface area contributed by atoms with E-state index in [1.165, 1.54) is 18.4 Å². The number of thiazole rings is 1. The minimum Gasteiger partial charge on any atom is -0.469 e. The number of carbonyl (C=O) groups excluding carboxylic acids is 2. The van der Waals surface area contributed by atoms with Crippen LogP contribution in [0.25, 0.3) is 9.88 Å². The van der Waals surface area contributed by atoms with Gasteiger partial charge in [-0.05, 0) is 18.4 Å². The molecular formula is C14H16N2O3S2. The number of carbonyl (C=O) groups is 2. The maximum Gasteiger partial charge on any atom is 0.307 e. The molecule has 0 bridgehead atoms. The molecule has 0 unspecified atom stereocenters. The number of rotatable bonds is 6. The van der Waals surface area contributed by atoms with Crippen LogP contribution in [0.3, 0.4) is 0 Å². The quantitative estimate of drug-likeness (QED) is 0.767. The summed E-state index contributed by atoms with van der Waals surface area (Å²) in [5, 5.41) is 4.59. The summed E-state index contributed by atoms with van der Waals surface area (Å²) in [5.41, 5.74) is 0.426. The largest absolute Gasteiger partial charge is 0.469 e. The van der Waals surface area contributed by atoms with Crippen LogP contribution in [-0.2, 0) is 9.53 Å². The average Bonchev–Trinajstić information content (AvgIpc) is 3.17. The van der Waals surface area contributed by atoms with E-state index in [0.717, 1.165) is 9.88 Å². The monoisotopic (exact) mass is 324 g/mol. The fourth-order valence-corrected chi connectivity index (χ4v) is 3.39. The Morgan fingerprint density at radius 1 is 1.38 bits per heavy atom. The fraction of sp³-hybridized carbons (Fsp3) is 0.357. The highest BCUT2D eigenvalue weighted by molar-refractivity contribution is 7.20. The molecule has 2 rings (SSSR count). The number of amides is 1. The van der Waals surface area contributed by atoms with Gasteiger partial charge in [-0.2, -0.15) is 0 Å². The molecule has 112 valence electrons. The summed E-state index contributed by atoms with van der Waals surface area (Å²) in [5.74, 6) is -0.473. The summed E-state index contributed by atoms with van der Waals surface area (Å²) in [6.07, 6.45) is 0.192. The topological polar surface area (TPSA) is 59.5 Å². The molecular weight excluding hydrogens is 308 g/mol. The van der Waals surface area contributed by atoms with Crippen molar-refractivity contribution < 1.29 is 14.3 Å². The number of nitrogens with zero attached hydrogens (tertiary/aromatic N) is 2. The highest BCUT2D eigenvalue weighted by Crippen LogP contribution is 2.28. The Bertz CT molecular complexity index is 608. The Morgan fingerprint density at radius 2 is 2.19 bits per heavy atom. The zero-order valence-corrected chi connectivity index (χ0v) is 13.5. The first kappa shape index (κ1) is 15.7. The summed E-state index contributed by atoms with van der Waals surface area (Å²) in [6, 6.07) is 3.93. The van der Waals surface area contributed by atoms with Crippen molar-refractivity contribution in [1.29, 1.82) is 0 Å². The molecule has 0 aliphatic heterocycles. The molecule has 0 saturated heterocycles. The average molecular weight is 324 g/mol. The van der Waals surface area contributed by atoms with Crippen molar-refractivity contribution in [2.45, 2.75) is 13.3 Å². The number of ether oxygens (including phenoxy) is 1. The molecule has 2 aromatic rings. The Labute approximate surface area is 131 Å². The predicted molar refractivity (Wildman–Crippen MR) is 83.6 cm³/mol. The molecule has 0 spiro atoms. The van der Waals surface area contributed by atoms with E-state index in [1.54, 1.807) is 21.6 Å². The normalized spacial score (nSPS) is 10.4. The molecule has 0 aliphatic rings. The number of esters is 1. The maximum atomic E-state index is 12.4. The van der Waals surface area contributed by atoms with Gasteiger partial charge in [0.15, 0.2) is 0 Å². The third-order valence-corrected chi connectivity index (χ3v) is 4.82. The van der Waals surface area contributed by atoms with E-state index in [1.807, 2.05) is 24.4 Å². The van der Waals surface area contributed by atoms with Crippen LogP contribution in [0.15, 0.2) is 22.9 Å². The van der Waals surface area contributed by atoms with E-state index in [2.05, 4.69) is 9.72 Å². The van der Waals surface area contributed by atoms with Gasteiger partial charge in [-0.15, -0.1) is 22.7 Å². The molecule has 0 aromatic carbocycles. The first-order chi connectivity index (χ1) is 10.2. The van der Waals surface area contributed by atoms with Crippen molar-refractivity contribution >= 4 is 34.6 Å². The molecule has 1 amide bonds. The van der Waals surface area contributed by atoms with Crippen LogP contribution in [0.5, 0.6) is 0 Å². The molecule has 0 fully saturated rings. The molecule has 0 atom stereocenters. The van der Waals surface area contributed by atoms with E-state index in [9.17, 15) is 9.59 Å². The lowest BCUT2D eigenvalue weighted by Gasteiger charge is -2.18. The lowest BCUT2D eigenvalue weighted by atomic mass is 10.3. The number of hydrogen-bond donors (Lipinski definition) is 0. The van der Waals surface area contributed by atoms with Crippen LogP contribution in [0, 0.1) is 0 Å². The van der Waals surface area contributed by atoms with Gasteiger partial charge in [0.2, 0.25) is 0 Å². The standard InChI is InChI=1S/C14H16N2O3S2/c1-3-16(7-6-12(17)19-2)14(18)10-9-21-13(15-10)11-5-4-8-20-11/h4-5,8-9H,3,6-7H2,1-2H3. The second-order valence-corrected chi connectivity index (χ2v) is 6.03. The minimum atomic E-state index is -0.321. The molecule has 0 aliphatic carbocycles. The van der Waals surface area contributed by atoms with Gasteiger partial charge in [0.25, 0.3) is 5.91 Å². The Hall–Kier alpha value is -1.73. The Morgan fingerprint density at radius 3 is 2.81 bits per heavy atom. The second kappa shape index (κ2) is 7.33. The number of aromatic nitrogens is 1. The Kier molecular flexibility index (Phi) is 5.46. The summed E-state index contributed by atoms with van der Waals surface area (Å²) >= 11 is 3.05. The molecule has 2 heterocycles. The first-order valence-corrected chi connectivity index (χ1v) is 8.27. The van der Waals surface area contributed by atoms with Gasteiger partial charge in [0.05, 0.1) is 18.4 Å². The van der Waals surface area contributed by atoms with Gasteiger partial charge >= 0.3 is 5.97 Å². The van der Waals surface area contributed by atoms with Crippen molar-refractivity contribution in [3.05, 3.63) is 28.6 Å². The van der Waals surface area contributed by atoms with Gasteiger partial charge < -0.3 is 9.64 Å². The third kappa shape index (κ3) is 3.89. The minimum absolute atomic E-state index is 0.152.